The first kappa shape index (κ1) is 20.1. The van der Waals surface area contributed by atoms with E-state index in [1.54, 1.807) is 0 Å². The highest BCUT2D eigenvalue weighted by Gasteiger charge is 2.35. The number of carboxylic acids is 1. The maximum atomic E-state index is 10.3. The van der Waals surface area contributed by atoms with Crippen LogP contribution in [-0.2, 0) is 4.79 Å². The predicted octanol–water partition coefficient (Wildman–Crippen LogP) is 6.14. The molecule has 0 amide bonds. The zero-order valence-corrected chi connectivity index (χ0v) is 15.3. The summed E-state index contributed by atoms with van der Waals surface area (Å²) >= 11 is 2.15. The van der Waals surface area contributed by atoms with Gasteiger partial charge in [-0.15, -0.1) is 0 Å². The molecule has 0 aromatic rings. The fourth-order valence-electron chi connectivity index (χ4n) is 2.50. The fourth-order valence-corrected chi connectivity index (χ4v) is 3.63. The summed E-state index contributed by atoms with van der Waals surface area (Å²) in [6, 6.07) is 0. The van der Waals surface area contributed by atoms with Crippen LogP contribution in [0.4, 0.5) is 0 Å². The van der Waals surface area contributed by atoms with Crippen molar-refractivity contribution in [2.24, 2.45) is 0 Å². The van der Waals surface area contributed by atoms with Crippen LogP contribution in [-0.4, -0.2) is 21.6 Å². The molecule has 3 heteroatoms. The Bertz CT molecular complexity index is 398. The minimum Gasteiger partial charge on any atom is -0.481 e. The summed E-state index contributed by atoms with van der Waals surface area (Å²) in [6.07, 6.45) is 23.8. The fraction of sp³-hybridized carbons (Fsp3) is 0.650. The highest BCUT2D eigenvalue weighted by Crippen LogP contribution is 2.46. The van der Waals surface area contributed by atoms with Crippen LogP contribution in [0.25, 0.3) is 0 Å². The Morgan fingerprint density at radius 2 is 1.65 bits per heavy atom. The van der Waals surface area contributed by atoms with Gasteiger partial charge in [0.15, 0.2) is 0 Å². The third kappa shape index (κ3) is 12.2. The standard InChI is InChI=1S/C20H32O2S/c1-2-3-12-15-18-19(23-18)16-13-10-8-6-4-5-7-9-11-14-17-20(21)22/h4,6-7,9-10,13,18-19H,2-3,5,8,11-12,14-17H2,1H3,(H,21,22)/b6-4+,9-7+,13-10+. The molecule has 0 aromatic heterocycles. The molecule has 1 fully saturated rings. The molecule has 1 heterocycles. The van der Waals surface area contributed by atoms with Crippen LogP contribution in [0.15, 0.2) is 36.5 Å². The van der Waals surface area contributed by atoms with E-state index in [1.165, 1.54) is 32.1 Å². The number of hydrogen-bond donors (Lipinski definition) is 1. The van der Waals surface area contributed by atoms with Crippen LogP contribution in [0, 0.1) is 0 Å². The van der Waals surface area contributed by atoms with Crippen molar-refractivity contribution in [3.63, 3.8) is 0 Å². The first-order chi connectivity index (χ1) is 11.2. The van der Waals surface area contributed by atoms with Crippen molar-refractivity contribution >= 4 is 17.7 Å². The highest BCUT2D eigenvalue weighted by molar-refractivity contribution is 8.07. The zero-order chi connectivity index (χ0) is 16.8. The highest BCUT2D eigenvalue weighted by atomic mass is 32.2. The molecule has 0 aromatic carbocycles. The van der Waals surface area contributed by atoms with Gasteiger partial charge in [-0.3, -0.25) is 4.79 Å². The Morgan fingerprint density at radius 1 is 0.957 bits per heavy atom. The van der Waals surface area contributed by atoms with E-state index in [0.717, 1.165) is 36.2 Å². The number of thioether (sulfide) groups is 1. The molecule has 2 atom stereocenters. The van der Waals surface area contributed by atoms with Gasteiger partial charge in [-0.25, -0.2) is 0 Å². The summed E-state index contributed by atoms with van der Waals surface area (Å²) in [6.45, 7) is 2.27. The molecule has 0 saturated carbocycles. The molecule has 130 valence electrons. The van der Waals surface area contributed by atoms with Crippen molar-refractivity contribution < 1.29 is 9.90 Å². The van der Waals surface area contributed by atoms with E-state index >= 15 is 0 Å². The van der Waals surface area contributed by atoms with E-state index in [0.29, 0.717) is 0 Å². The third-order valence-corrected chi connectivity index (χ3v) is 5.42. The first-order valence-corrected chi connectivity index (χ1v) is 10.0. The van der Waals surface area contributed by atoms with Crippen molar-refractivity contribution in [1.29, 1.82) is 0 Å². The number of carbonyl (C=O) groups is 1. The molecule has 0 spiro atoms. The van der Waals surface area contributed by atoms with Crippen molar-refractivity contribution in [2.75, 3.05) is 0 Å². The summed E-state index contributed by atoms with van der Waals surface area (Å²) in [5.74, 6) is -0.707. The van der Waals surface area contributed by atoms with Crippen LogP contribution in [0.2, 0.25) is 0 Å². The maximum absolute atomic E-state index is 10.3. The largest absolute Gasteiger partial charge is 0.481 e. The van der Waals surface area contributed by atoms with Gasteiger partial charge in [0.25, 0.3) is 0 Å². The Kier molecular flexibility index (Phi) is 11.8. The number of carboxylic acid groups (broad SMARTS) is 1. The average molecular weight is 337 g/mol. The minimum atomic E-state index is -0.707. The molecule has 2 nitrogen and oxygen atoms in total. The summed E-state index contributed by atoms with van der Waals surface area (Å²) in [5.41, 5.74) is 0. The van der Waals surface area contributed by atoms with E-state index in [9.17, 15) is 4.79 Å². The molecule has 1 aliphatic heterocycles. The summed E-state index contributed by atoms with van der Waals surface area (Å²) in [7, 11) is 0. The van der Waals surface area contributed by atoms with Crippen molar-refractivity contribution in [3.8, 4) is 0 Å². The van der Waals surface area contributed by atoms with Crippen LogP contribution in [0.5, 0.6) is 0 Å². The summed E-state index contributed by atoms with van der Waals surface area (Å²) < 4.78 is 0. The number of allylic oxidation sites excluding steroid dienone is 6. The van der Waals surface area contributed by atoms with E-state index in [1.807, 2.05) is 0 Å². The van der Waals surface area contributed by atoms with E-state index in [4.69, 9.17) is 5.11 Å². The lowest BCUT2D eigenvalue weighted by Gasteiger charge is -1.95. The molecule has 0 aliphatic carbocycles. The van der Waals surface area contributed by atoms with E-state index < -0.39 is 5.97 Å². The number of hydrogen-bond acceptors (Lipinski definition) is 2. The molecular weight excluding hydrogens is 304 g/mol. The van der Waals surface area contributed by atoms with Gasteiger partial charge in [0.05, 0.1) is 0 Å². The monoisotopic (exact) mass is 336 g/mol. The van der Waals surface area contributed by atoms with Gasteiger partial charge < -0.3 is 5.11 Å². The molecule has 0 radical (unpaired) electrons. The Labute approximate surface area is 146 Å². The van der Waals surface area contributed by atoms with Gasteiger partial charge in [-0.1, -0.05) is 62.6 Å². The quantitative estimate of drug-likeness (QED) is 0.235. The summed E-state index contributed by atoms with van der Waals surface area (Å²) in [5, 5.41) is 10.3. The smallest absolute Gasteiger partial charge is 0.303 e. The second-order valence-electron chi connectivity index (χ2n) is 6.12. The maximum Gasteiger partial charge on any atom is 0.303 e. The second kappa shape index (κ2) is 13.5. The summed E-state index contributed by atoms with van der Waals surface area (Å²) in [4.78, 5) is 10.3. The van der Waals surface area contributed by atoms with E-state index in [2.05, 4.69) is 55.1 Å². The number of aliphatic carboxylic acids is 1. The normalized spacial score (nSPS) is 20.9. The minimum absolute atomic E-state index is 0.268. The van der Waals surface area contributed by atoms with Gasteiger partial charge >= 0.3 is 5.97 Å². The molecule has 1 N–H and O–H groups in total. The Morgan fingerprint density at radius 3 is 2.35 bits per heavy atom. The molecule has 1 aliphatic rings. The van der Waals surface area contributed by atoms with Crippen molar-refractivity contribution in [2.45, 2.75) is 81.6 Å². The lowest BCUT2D eigenvalue weighted by atomic mass is 10.1. The molecule has 23 heavy (non-hydrogen) atoms. The van der Waals surface area contributed by atoms with Crippen LogP contribution in [0.1, 0.15) is 71.1 Å². The van der Waals surface area contributed by atoms with Crippen LogP contribution >= 0.6 is 11.8 Å². The van der Waals surface area contributed by atoms with Gasteiger partial charge in [0.1, 0.15) is 0 Å². The molecule has 2 unspecified atom stereocenters. The van der Waals surface area contributed by atoms with E-state index in [-0.39, 0.29) is 6.42 Å². The van der Waals surface area contributed by atoms with Gasteiger partial charge in [0, 0.05) is 16.9 Å². The molecule has 1 rings (SSSR count). The van der Waals surface area contributed by atoms with Crippen LogP contribution < -0.4 is 0 Å². The SMILES string of the molecule is CCCCCC1SC1C/C=C/C/C=C/C/C=C/CCCC(=O)O. The number of unbranched alkanes of at least 4 members (excludes halogenated alkanes) is 3. The van der Waals surface area contributed by atoms with Gasteiger partial charge in [0.2, 0.25) is 0 Å². The lowest BCUT2D eigenvalue weighted by Crippen LogP contribution is -1.92. The Balaban J connectivity index is 1.90. The average Bonchev–Trinajstić information content (AvgIpc) is 3.27. The van der Waals surface area contributed by atoms with Crippen LogP contribution in [0.3, 0.4) is 0 Å². The van der Waals surface area contributed by atoms with Crippen molar-refractivity contribution in [3.05, 3.63) is 36.5 Å². The van der Waals surface area contributed by atoms with Crippen molar-refractivity contribution in [1.82, 2.24) is 0 Å². The predicted molar refractivity (Wildman–Crippen MR) is 102 cm³/mol. The van der Waals surface area contributed by atoms with Gasteiger partial charge in [-0.2, -0.15) is 11.8 Å². The third-order valence-electron chi connectivity index (χ3n) is 3.95. The molecule has 0 bridgehead atoms. The first-order valence-electron chi connectivity index (χ1n) is 9.06. The molecular formula is C20H32O2S. The second-order valence-corrected chi connectivity index (χ2v) is 7.60. The number of rotatable bonds is 14. The lowest BCUT2D eigenvalue weighted by molar-refractivity contribution is -0.137. The Hall–Kier alpha value is -0.960. The molecule has 1 saturated heterocycles. The zero-order valence-electron chi connectivity index (χ0n) is 14.5. The topological polar surface area (TPSA) is 37.3 Å². The van der Waals surface area contributed by atoms with Gasteiger partial charge in [-0.05, 0) is 38.5 Å².